The number of anilines is 1. The molecule has 0 saturated carbocycles. The van der Waals surface area contributed by atoms with Crippen LogP contribution in [0, 0.1) is 5.82 Å². The van der Waals surface area contributed by atoms with Crippen LogP contribution in [0.3, 0.4) is 0 Å². The Bertz CT molecular complexity index is 543. The predicted molar refractivity (Wildman–Crippen MR) is 72.8 cm³/mol. The number of benzene rings is 1. The van der Waals surface area contributed by atoms with Crippen LogP contribution >= 0.6 is 23.2 Å². The average molecular weight is 285 g/mol. The van der Waals surface area contributed by atoms with Crippen LogP contribution in [0.2, 0.25) is 10.3 Å². The van der Waals surface area contributed by atoms with Gasteiger partial charge >= 0.3 is 0 Å². The van der Waals surface area contributed by atoms with Gasteiger partial charge < -0.3 is 4.90 Å². The highest BCUT2D eigenvalue weighted by molar-refractivity contribution is 6.32. The van der Waals surface area contributed by atoms with Gasteiger partial charge in [-0.3, -0.25) is 0 Å². The number of aromatic nitrogens is 1. The summed E-state index contributed by atoms with van der Waals surface area (Å²) in [4.78, 5) is 5.93. The van der Waals surface area contributed by atoms with Crippen LogP contribution in [-0.4, -0.2) is 12.0 Å². The number of pyridine rings is 1. The van der Waals surface area contributed by atoms with Crippen molar-refractivity contribution in [2.24, 2.45) is 0 Å². The molecule has 0 aliphatic rings. The van der Waals surface area contributed by atoms with E-state index in [1.54, 1.807) is 18.2 Å². The van der Waals surface area contributed by atoms with E-state index >= 15 is 0 Å². The minimum Gasteiger partial charge on any atom is -0.370 e. The van der Waals surface area contributed by atoms with E-state index in [9.17, 15) is 4.39 Å². The third-order valence-corrected chi connectivity index (χ3v) is 3.10. The minimum absolute atomic E-state index is 0.252. The molecule has 0 radical (unpaired) electrons. The second-order valence-electron chi connectivity index (χ2n) is 3.92. The molecular weight excluding hydrogens is 274 g/mol. The van der Waals surface area contributed by atoms with Crippen LogP contribution in [0.4, 0.5) is 10.1 Å². The molecule has 2 aromatic rings. The van der Waals surface area contributed by atoms with Crippen LogP contribution in [0.5, 0.6) is 0 Å². The van der Waals surface area contributed by atoms with E-state index in [0.717, 1.165) is 11.3 Å². The lowest BCUT2D eigenvalue weighted by atomic mass is 10.2. The lowest BCUT2D eigenvalue weighted by Gasteiger charge is -2.19. The summed E-state index contributed by atoms with van der Waals surface area (Å²) in [5, 5.41) is 0.754. The molecule has 0 spiro atoms. The molecule has 0 amide bonds. The highest BCUT2D eigenvalue weighted by Gasteiger charge is 2.07. The Morgan fingerprint density at radius 1 is 1.11 bits per heavy atom. The van der Waals surface area contributed by atoms with Gasteiger partial charge in [-0.2, -0.15) is 0 Å². The van der Waals surface area contributed by atoms with E-state index in [-0.39, 0.29) is 5.82 Å². The normalized spacial score (nSPS) is 10.4. The molecule has 5 heteroatoms. The summed E-state index contributed by atoms with van der Waals surface area (Å²) in [5.74, 6) is -0.252. The van der Waals surface area contributed by atoms with Crippen LogP contribution in [0.1, 0.15) is 5.56 Å². The molecule has 0 aliphatic carbocycles. The molecule has 1 aromatic carbocycles. The quantitative estimate of drug-likeness (QED) is 0.787. The maximum atomic E-state index is 12.8. The Morgan fingerprint density at radius 3 is 2.39 bits per heavy atom. The van der Waals surface area contributed by atoms with Crippen LogP contribution in [-0.2, 0) is 6.54 Å². The molecule has 1 heterocycles. The first-order valence-corrected chi connectivity index (χ1v) is 6.09. The van der Waals surface area contributed by atoms with Crippen molar-refractivity contribution >= 4 is 28.9 Å². The fourth-order valence-electron chi connectivity index (χ4n) is 1.60. The fraction of sp³-hybridized carbons (Fsp3) is 0.154. The summed E-state index contributed by atoms with van der Waals surface area (Å²) in [6.07, 6.45) is 0. The third kappa shape index (κ3) is 3.12. The highest BCUT2D eigenvalue weighted by Crippen LogP contribution is 2.21. The molecule has 0 saturated heterocycles. The van der Waals surface area contributed by atoms with Crippen molar-refractivity contribution in [1.29, 1.82) is 0 Å². The van der Waals surface area contributed by atoms with E-state index in [1.807, 2.05) is 18.0 Å². The van der Waals surface area contributed by atoms with E-state index in [1.165, 1.54) is 12.1 Å². The predicted octanol–water partition coefficient (Wildman–Crippen LogP) is 4.16. The first kappa shape index (κ1) is 13.1. The molecule has 0 unspecified atom stereocenters. The van der Waals surface area contributed by atoms with Crippen molar-refractivity contribution in [1.82, 2.24) is 4.98 Å². The fourth-order valence-corrected chi connectivity index (χ4v) is 2.01. The van der Waals surface area contributed by atoms with Gasteiger partial charge in [0.05, 0.1) is 0 Å². The second kappa shape index (κ2) is 5.55. The minimum atomic E-state index is -0.252. The van der Waals surface area contributed by atoms with Gasteiger partial charge in [-0.05, 0) is 30.3 Å². The zero-order chi connectivity index (χ0) is 13.1. The van der Waals surface area contributed by atoms with E-state index in [4.69, 9.17) is 23.2 Å². The maximum Gasteiger partial charge on any atom is 0.135 e. The molecule has 1 aromatic heterocycles. The highest BCUT2D eigenvalue weighted by atomic mass is 35.5. The van der Waals surface area contributed by atoms with Crippen LogP contribution in [0.25, 0.3) is 0 Å². The Labute approximate surface area is 115 Å². The van der Waals surface area contributed by atoms with Gasteiger partial charge in [-0.1, -0.05) is 29.3 Å². The average Bonchev–Trinajstić information content (AvgIpc) is 2.33. The first-order valence-electron chi connectivity index (χ1n) is 5.34. The van der Waals surface area contributed by atoms with Gasteiger partial charge in [0.2, 0.25) is 0 Å². The summed E-state index contributed by atoms with van der Waals surface area (Å²) in [6, 6.07) is 9.80. The standard InChI is InChI=1S/C13H11Cl2FN2/c1-18(11-5-3-10(16)4-6-11)8-9-2-7-12(14)17-13(9)15/h2-7H,8H2,1H3. The number of hydrogen-bond donors (Lipinski definition) is 0. The van der Waals surface area contributed by atoms with E-state index < -0.39 is 0 Å². The number of hydrogen-bond acceptors (Lipinski definition) is 2. The smallest absolute Gasteiger partial charge is 0.135 e. The zero-order valence-corrected chi connectivity index (χ0v) is 11.2. The number of rotatable bonds is 3. The van der Waals surface area contributed by atoms with Gasteiger partial charge in [0.1, 0.15) is 16.1 Å². The van der Waals surface area contributed by atoms with Crippen molar-refractivity contribution < 1.29 is 4.39 Å². The van der Waals surface area contributed by atoms with Gasteiger partial charge in [-0.25, -0.2) is 9.37 Å². The molecule has 2 nitrogen and oxygen atoms in total. The largest absolute Gasteiger partial charge is 0.370 e. The van der Waals surface area contributed by atoms with Crippen molar-refractivity contribution in [3.63, 3.8) is 0 Å². The van der Waals surface area contributed by atoms with E-state index in [0.29, 0.717) is 16.9 Å². The SMILES string of the molecule is CN(Cc1ccc(Cl)nc1Cl)c1ccc(F)cc1. The van der Waals surface area contributed by atoms with Crippen molar-refractivity contribution in [2.45, 2.75) is 6.54 Å². The third-order valence-electron chi connectivity index (χ3n) is 2.57. The molecule has 2 rings (SSSR count). The number of nitrogens with zero attached hydrogens (tertiary/aromatic N) is 2. The van der Waals surface area contributed by atoms with Gasteiger partial charge in [-0.15, -0.1) is 0 Å². The molecule has 0 fully saturated rings. The Morgan fingerprint density at radius 2 is 1.78 bits per heavy atom. The van der Waals surface area contributed by atoms with Crippen molar-refractivity contribution in [3.05, 3.63) is 58.1 Å². The lowest BCUT2D eigenvalue weighted by molar-refractivity contribution is 0.627. The summed E-state index contributed by atoms with van der Waals surface area (Å²) < 4.78 is 12.8. The van der Waals surface area contributed by atoms with E-state index in [2.05, 4.69) is 4.98 Å². The Balaban J connectivity index is 2.15. The lowest BCUT2D eigenvalue weighted by Crippen LogP contribution is -2.16. The van der Waals surface area contributed by atoms with Crippen LogP contribution < -0.4 is 4.90 Å². The molecular formula is C13H11Cl2FN2. The molecule has 0 atom stereocenters. The summed E-state index contributed by atoms with van der Waals surface area (Å²) in [6.45, 7) is 0.578. The number of halogens is 3. The molecule has 0 aliphatic heterocycles. The molecule has 18 heavy (non-hydrogen) atoms. The summed E-state index contributed by atoms with van der Waals surface area (Å²) in [7, 11) is 1.90. The second-order valence-corrected chi connectivity index (χ2v) is 4.66. The maximum absolute atomic E-state index is 12.8. The van der Waals surface area contributed by atoms with Crippen molar-refractivity contribution in [3.8, 4) is 0 Å². The van der Waals surface area contributed by atoms with Crippen LogP contribution in [0.15, 0.2) is 36.4 Å². The van der Waals surface area contributed by atoms with Crippen molar-refractivity contribution in [2.75, 3.05) is 11.9 Å². The van der Waals surface area contributed by atoms with Gasteiger partial charge in [0.25, 0.3) is 0 Å². The topological polar surface area (TPSA) is 16.1 Å². The molecule has 0 bridgehead atoms. The summed E-state index contributed by atoms with van der Waals surface area (Å²) in [5.41, 5.74) is 1.77. The Hall–Kier alpha value is -1.32. The molecule has 0 N–H and O–H groups in total. The first-order chi connectivity index (χ1) is 8.56. The zero-order valence-electron chi connectivity index (χ0n) is 9.70. The monoisotopic (exact) mass is 284 g/mol. The van der Waals surface area contributed by atoms with Gasteiger partial charge in [0, 0.05) is 24.8 Å². The van der Waals surface area contributed by atoms with Gasteiger partial charge in [0.15, 0.2) is 0 Å². The molecule has 94 valence electrons. The summed E-state index contributed by atoms with van der Waals surface area (Å²) >= 11 is 11.7. The Kier molecular flexibility index (Phi) is 4.04.